The maximum Gasteiger partial charge on any atom is 0.308 e. The number of likely N-dealkylation sites (tertiary alicyclic amines) is 1. The average molecular weight is 351 g/mol. The van der Waals surface area contributed by atoms with Crippen LogP contribution in [0.15, 0.2) is 28.7 Å². The molecule has 2 aromatic rings. The topological polar surface area (TPSA) is 73.4 Å². The summed E-state index contributed by atoms with van der Waals surface area (Å²) in [6.07, 6.45) is 0.508. The minimum atomic E-state index is -0.835. The fourth-order valence-corrected chi connectivity index (χ4v) is 3.31. The number of benzene rings is 1. The summed E-state index contributed by atoms with van der Waals surface area (Å²) < 4.78 is 0.952. The van der Waals surface area contributed by atoms with Crippen molar-refractivity contribution in [2.24, 2.45) is 5.92 Å². The Balaban J connectivity index is 1.89. The van der Waals surface area contributed by atoms with Crippen LogP contribution in [0.2, 0.25) is 0 Å². The number of amides is 1. The van der Waals surface area contributed by atoms with Crippen LogP contribution in [0, 0.1) is 5.92 Å². The van der Waals surface area contributed by atoms with Crippen LogP contribution in [0.3, 0.4) is 0 Å². The van der Waals surface area contributed by atoms with Crippen molar-refractivity contribution in [1.82, 2.24) is 9.88 Å². The number of hydrogen-bond donors (Lipinski definition) is 2. The van der Waals surface area contributed by atoms with Crippen LogP contribution < -0.4 is 0 Å². The van der Waals surface area contributed by atoms with Gasteiger partial charge in [-0.1, -0.05) is 15.9 Å². The van der Waals surface area contributed by atoms with E-state index in [2.05, 4.69) is 20.9 Å². The molecule has 1 aliphatic heterocycles. The van der Waals surface area contributed by atoms with Crippen molar-refractivity contribution < 1.29 is 14.7 Å². The summed E-state index contributed by atoms with van der Waals surface area (Å²) in [6.45, 7) is 2.28. The summed E-state index contributed by atoms with van der Waals surface area (Å²) in [5.41, 5.74) is 1.39. The van der Waals surface area contributed by atoms with Crippen LogP contribution >= 0.6 is 15.9 Å². The second kappa shape index (κ2) is 5.18. The van der Waals surface area contributed by atoms with Crippen molar-refractivity contribution in [3.8, 4) is 0 Å². The maximum absolute atomic E-state index is 12.6. The molecule has 110 valence electrons. The number of rotatable bonds is 2. The second-order valence-corrected chi connectivity index (χ2v) is 6.30. The monoisotopic (exact) mass is 350 g/mol. The Morgan fingerprint density at radius 2 is 2.14 bits per heavy atom. The van der Waals surface area contributed by atoms with Crippen LogP contribution in [-0.2, 0) is 4.79 Å². The number of halogens is 1. The molecule has 2 atom stereocenters. The first-order valence-corrected chi connectivity index (χ1v) is 7.58. The zero-order valence-electron chi connectivity index (χ0n) is 11.5. The van der Waals surface area contributed by atoms with Crippen LogP contribution in [0.5, 0.6) is 0 Å². The molecule has 1 fully saturated rings. The number of carbonyl (C=O) groups is 2. The lowest BCUT2D eigenvalue weighted by atomic mass is 10.0. The van der Waals surface area contributed by atoms with Gasteiger partial charge in [-0.15, -0.1) is 0 Å². The molecule has 3 rings (SSSR count). The molecule has 1 amide bonds. The van der Waals surface area contributed by atoms with E-state index in [4.69, 9.17) is 5.11 Å². The zero-order chi connectivity index (χ0) is 15.1. The highest BCUT2D eigenvalue weighted by Gasteiger charge is 2.38. The average Bonchev–Trinajstić information content (AvgIpc) is 3.00. The number of hydrogen-bond acceptors (Lipinski definition) is 2. The number of nitrogens with zero attached hydrogens (tertiary/aromatic N) is 1. The van der Waals surface area contributed by atoms with Gasteiger partial charge in [-0.05, 0) is 37.6 Å². The molecule has 6 heteroatoms. The summed E-state index contributed by atoms with van der Waals surface area (Å²) in [5, 5.41) is 10.1. The van der Waals surface area contributed by atoms with Crippen molar-refractivity contribution in [2.75, 3.05) is 6.54 Å². The van der Waals surface area contributed by atoms with Crippen molar-refractivity contribution in [2.45, 2.75) is 19.4 Å². The molecule has 0 spiro atoms. The van der Waals surface area contributed by atoms with Gasteiger partial charge in [-0.2, -0.15) is 0 Å². The van der Waals surface area contributed by atoms with E-state index in [-0.39, 0.29) is 11.9 Å². The fraction of sp³-hybridized carbons (Fsp3) is 0.333. The Morgan fingerprint density at radius 1 is 1.38 bits per heavy atom. The Hall–Kier alpha value is -1.82. The van der Waals surface area contributed by atoms with Crippen LogP contribution in [0.25, 0.3) is 10.9 Å². The molecule has 0 aliphatic carbocycles. The van der Waals surface area contributed by atoms with E-state index in [9.17, 15) is 9.59 Å². The number of aliphatic carboxylic acids is 1. The van der Waals surface area contributed by atoms with Gasteiger partial charge in [0.2, 0.25) is 0 Å². The summed E-state index contributed by atoms with van der Waals surface area (Å²) in [6, 6.07) is 7.28. The first kappa shape index (κ1) is 14.1. The Bertz CT molecular complexity index is 725. The second-order valence-electron chi connectivity index (χ2n) is 5.39. The summed E-state index contributed by atoms with van der Waals surface area (Å²) in [5.74, 6) is -1.45. The van der Waals surface area contributed by atoms with Crippen molar-refractivity contribution >= 4 is 38.7 Å². The molecule has 1 aromatic heterocycles. The van der Waals surface area contributed by atoms with Crippen LogP contribution in [0.4, 0.5) is 0 Å². The van der Waals surface area contributed by atoms with Gasteiger partial charge in [-0.3, -0.25) is 9.59 Å². The minimum absolute atomic E-state index is 0.140. The van der Waals surface area contributed by atoms with Crippen LogP contribution in [-0.4, -0.2) is 39.5 Å². The molecule has 1 aliphatic rings. The van der Waals surface area contributed by atoms with Crippen molar-refractivity contribution in [3.05, 3.63) is 34.4 Å². The molecular weight excluding hydrogens is 336 g/mol. The first-order chi connectivity index (χ1) is 9.97. The van der Waals surface area contributed by atoms with E-state index in [1.54, 1.807) is 11.8 Å². The van der Waals surface area contributed by atoms with E-state index in [0.29, 0.717) is 18.7 Å². The Kier molecular flexibility index (Phi) is 3.49. The number of carbonyl (C=O) groups excluding carboxylic acids is 1. The highest BCUT2D eigenvalue weighted by atomic mass is 79.9. The fourth-order valence-electron chi connectivity index (χ4n) is 2.93. The van der Waals surface area contributed by atoms with Crippen molar-refractivity contribution in [1.29, 1.82) is 0 Å². The maximum atomic E-state index is 12.6. The summed E-state index contributed by atoms with van der Waals surface area (Å²) in [7, 11) is 0. The standard InChI is InChI=1S/C15H15BrN2O3/c1-8-11(15(20)21)4-5-18(8)14(19)13-7-9-6-10(16)2-3-12(9)17-13/h2-3,6-8,11,17H,4-5H2,1H3,(H,20,21). The lowest BCUT2D eigenvalue weighted by Gasteiger charge is -2.22. The van der Waals surface area contributed by atoms with Gasteiger partial charge in [0.25, 0.3) is 5.91 Å². The van der Waals surface area contributed by atoms with Gasteiger partial charge in [0.1, 0.15) is 5.69 Å². The zero-order valence-corrected chi connectivity index (χ0v) is 13.1. The molecule has 0 saturated carbocycles. The number of H-pyrrole nitrogens is 1. The third-order valence-electron chi connectivity index (χ3n) is 4.15. The Labute approximate surface area is 130 Å². The smallest absolute Gasteiger partial charge is 0.308 e. The molecule has 1 saturated heterocycles. The van der Waals surface area contributed by atoms with Gasteiger partial charge in [0, 0.05) is 28.0 Å². The van der Waals surface area contributed by atoms with Gasteiger partial charge < -0.3 is 15.0 Å². The predicted molar refractivity (Wildman–Crippen MR) is 82.2 cm³/mol. The quantitative estimate of drug-likeness (QED) is 0.874. The largest absolute Gasteiger partial charge is 0.481 e. The number of aromatic nitrogens is 1. The first-order valence-electron chi connectivity index (χ1n) is 6.79. The molecule has 21 heavy (non-hydrogen) atoms. The van der Waals surface area contributed by atoms with Crippen molar-refractivity contribution in [3.63, 3.8) is 0 Å². The normalized spacial score (nSPS) is 21.9. The lowest BCUT2D eigenvalue weighted by molar-refractivity contribution is -0.142. The van der Waals surface area contributed by atoms with E-state index >= 15 is 0 Å². The Morgan fingerprint density at radius 3 is 2.81 bits per heavy atom. The highest BCUT2D eigenvalue weighted by Crippen LogP contribution is 2.27. The molecule has 0 radical (unpaired) electrons. The number of nitrogens with one attached hydrogen (secondary N) is 1. The summed E-state index contributed by atoms with van der Waals surface area (Å²) in [4.78, 5) is 28.5. The van der Waals surface area contributed by atoms with E-state index < -0.39 is 11.9 Å². The molecule has 2 N–H and O–H groups in total. The number of aromatic amines is 1. The SMILES string of the molecule is CC1C(C(=O)O)CCN1C(=O)c1cc2cc(Br)ccc2[nH]1. The summed E-state index contributed by atoms with van der Waals surface area (Å²) >= 11 is 3.40. The van der Waals surface area contributed by atoms with E-state index in [1.807, 2.05) is 24.3 Å². The lowest BCUT2D eigenvalue weighted by Crippen LogP contribution is -2.37. The molecule has 1 aromatic carbocycles. The van der Waals surface area contributed by atoms with Gasteiger partial charge in [-0.25, -0.2) is 0 Å². The molecule has 2 unspecified atom stereocenters. The molecule has 2 heterocycles. The van der Waals surface area contributed by atoms with Gasteiger partial charge in [0.05, 0.1) is 5.92 Å². The van der Waals surface area contributed by atoms with E-state index in [0.717, 1.165) is 15.4 Å². The van der Waals surface area contributed by atoms with Gasteiger partial charge in [0.15, 0.2) is 0 Å². The molecular formula is C15H15BrN2O3. The highest BCUT2D eigenvalue weighted by molar-refractivity contribution is 9.10. The number of fused-ring (bicyclic) bond motifs is 1. The number of carboxylic acids is 1. The molecule has 0 bridgehead atoms. The third kappa shape index (κ3) is 2.44. The van der Waals surface area contributed by atoms with Crippen LogP contribution in [0.1, 0.15) is 23.8 Å². The predicted octanol–water partition coefficient (Wildman–Crippen LogP) is 2.87. The molecule has 5 nitrogen and oxygen atoms in total. The third-order valence-corrected chi connectivity index (χ3v) is 4.64. The minimum Gasteiger partial charge on any atom is -0.481 e. The number of carboxylic acid groups (broad SMARTS) is 1. The van der Waals surface area contributed by atoms with E-state index in [1.165, 1.54) is 0 Å². The van der Waals surface area contributed by atoms with Gasteiger partial charge >= 0.3 is 5.97 Å².